The summed E-state index contributed by atoms with van der Waals surface area (Å²) in [6.45, 7) is 1.89. The molecule has 1 heterocycles. The topological polar surface area (TPSA) is 69.6 Å². The van der Waals surface area contributed by atoms with Crippen LogP contribution in [0.5, 0.6) is 0 Å². The molecule has 1 aliphatic heterocycles. The highest BCUT2D eigenvalue weighted by atomic mass is 35.5. The molecule has 1 aliphatic rings. The Hall–Kier alpha value is -1.75. The van der Waals surface area contributed by atoms with Gasteiger partial charge in [0, 0.05) is 7.05 Å². The lowest BCUT2D eigenvalue weighted by Gasteiger charge is -2.33. The number of hydrogen-bond donors (Lipinski definition) is 2. The lowest BCUT2D eigenvalue weighted by atomic mass is 10.1. The maximum Gasteiger partial charge on any atom is 0.305 e. The third-order valence-electron chi connectivity index (χ3n) is 2.88. The number of aliphatic carboxylic acids is 1. The van der Waals surface area contributed by atoms with E-state index in [1.807, 2.05) is 13.0 Å². The average molecular weight is 269 g/mol. The number of hydrogen-bond acceptors (Lipinski definition) is 3. The number of likely N-dealkylation sites (N-methyl/N-ethyl adjacent to an activating group) is 1. The van der Waals surface area contributed by atoms with Crippen LogP contribution in [0.3, 0.4) is 0 Å². The van der Waals surface area contributed by atoms with Gasteiger partial charge in [-0.1, -0.05) is 11.6 Å². The lowest BCUT2D eigenvalue weighted by Crippen LogP contribution is -2.46. The fourth-order valence-corrected chi connectivity index (χ4v) is 2.49. The van der Waals surface area contributed by atoms with Gasteiger partial charge in [-0.2, -0.15) is 0 Å². The zero-order chi connectivity index (χ0) is 13.4. The Morgan fingerprint density at radius 3 is 2.83 bits per heavy atom. The summed E-state index contributed by atoms with van der Waals surface area (Å²) in [5.74, 6) is -1.31. The van der Waals surface area contributed by atoms with Crippen LogP contribution in [0.2, 0.25) is 5.02 Å². The first-order chi connectivity index (χ1) is 8.40. The van der Waals surface area contributed by atoms with Crippen LogP contribution in [0.25, 0.3) is 0 Å². The van der Waals surface area contributed by atoms with E-state index in [9.17, 15) is 9.59 Å². The van der Waals surface area contributed by atoms with Gasteiger partial charge < -0.3 is 15.3 Å². The van der Waals surface area contributed by atoms with Crippen molar-refractivity contribution in [3.63, 3.8) is 0 Å². The molecule has 5 nitrogen and oxygen atoms in total. The Kier molecular flexibility index (Phi) is 3.17. The zero-order valence-electron chi connectivity index (χ0n) is 10.0. The van der Waals surface area contributed by atoms with Crippen molar-refractivity contribution >= 4 is 34.9 Å². The minimum atomic E-state index is -1.02. The number of halogens is 1. The number of carbonyl (C=O) groups is 2. The molecule has 1 amide bonds. The summed E-state index contributed by atoms with van der Waals surface area (Å²) in [7, 11) is 1.60. The number of aryl methyl sites for hydroxylation is 1. The molecule has 0 fully saturated rings. The SMILES string of the molecule is Cc1cc(Cl)c2c(c1)NC(CC(=O)O)C(=O)N2C. The first-order valence-electron chi connectivity index (χ1n) is 5.46. The van der Waals surface area contributed by atoms with Gasteiger partial charge in [0.1, 0.15) is 6.04 Å². The van der Waals surface area contributed by atoms with Crippen LogP contribution in [0.4, 0.5) is 11.4 Å². The largest absolute Gasteiger partial charge is 0.481 e. The van der Waals surface area contributed by atoms with Crippen LogP contribution in [-0.2, 0) is 9.59 Å². The van der Waals surface area contributed by atoms with Gasteiger partial charge in [0.25, 0.3) is 0 Å². The van der Waals surface area contributed by atoms with Gasteiger partial charge in [0.2, 0.25) is 5.91 Å². The lowest BCUT2D eigenvalue weighted by molar-refractivity contribution is -0.138. The smallest absolute Gasteiger partial charge is 0.305 e. The molecule has 0 radical (unpaired) electrons. The van der Waals surface area contributed by atoms with Crippen molar-refractivity contribution in [3.8, 4) is 0 Å². The van der Waals surface area contributed by atoms with Crippen LogP contribution < -0.4 is 10.2 Å². The van der Waals surface area contributed by atoms with Crippen LogP contribution in [0.1, 0.15) is 12.0 Å². The number of carboxylic acids is 1. The van der Waals surface area contributed by atoms with Gasteiger partial charge in [-0.15, -0.1) is 0 Å². The van der Waals surface area contributed by atoms with E-state index in [1.165, 1.54) is 4.90 Å². The van der Waals surface area contributed by atoms with Crippen molar-refractivity contribution < 1.29 is 14.7 Å². The van der Waals surface area contributed by atoms with Crippen LogP contribution in [0.15, 0.2) is 12.1 Å². The second-order valence-corrected chi connectivity index (χ2v) is 4.74. The van der Waals surface area contributed by atoms with Crippen molar-refractivity contribution in [2.45, 2.75) is 19.4 Å². The van der Waals surface area contributed by atoms with Crippen molar-refractivity contribution in [3.05, 3.63) is 22.7 Å². The second kappa shape index (κ2) is 4.49. The van der Waals surface area contributed by atoms with Crippen LogP contribution in [-0.4, -0.2) is 30.1 Å². The highest BCUT2D eigenvalue weighted by molar-refractivity contribution is 6.35. The molecule has 0 aliphatic carbocycles. The molecule has 2 rings (SSSR count). The maximum atomic E-state index is 12.0. The number of carboxylic acid groups (broad SMARTS) is 1. The van der Waals surface area contributed by atoms with Gasteiger partial charge in [0.15, 0.2) is 0 Å². The van der Waals surface area contributed by atoms with E-state index in [0.29, 0.717) is 16.4 Å². The number of amides is 1. The second-order valence-electron chi connectivity index (χ2n) is 4.33. The molecule has 0 saturated carbocycles. The molecule has 1 unspecified atom stereocenters. The molecule has 1 aromatic rings. The van der Waals surface area contributed by atoms with E-state index < -0.39 is 12.0 Å². The monoisotopic (exact) mass is 268 g/mol. The average Bonchev–Trinajstić information content (AvgIpc) is 2.23. The summed E-state index contributed by atoms with van der Waals surface area (Å²) in [6, 6.07) is 2.86. The summed E-state index contributed by atoms with van der Waals surface area (Å²) in [5, 5.41) is 12.2. The van der Waals surface area contributed by atoms with E-state index in [-0.39, 0.29) is 12.3 Å². The molecular weight excluding hydrogens is 256 g/mol. The Bertz CT molecular complexity index is 530. The number of rotatable bonds is 2. The molecular formula is C12H13ClN2O3. The molecule has 2 N–H and O–H groups in total. The predicted octanol–water partition coefficient (Wildman–Crippen LogP) is 1.88. The van der Waals surface area contributed by atoms with E-state index in [2.05, 4.69) is 5.32 Å². The number of nitrogens with one attached hydrogen (secondary N) is 1. The number of benzene rings is 1. The minimum Gasteiger partial charge on any atom is -0.481 e. The maximum absolute atomic E-state index is 12.0. The molecule has 18 heavy (non-hydrogen) atoms. The third-order valence-corrected chi connectivity index (χ3v) is 3.17. The fraction of sp³-hybridized carbons (Fsp3) is 0.333. The van der Waals surface area contributed by atoms with Crippen molar-refractivity contribution in [1.29, 1.82) is 0 Å². The highest BCUT2D eigenvalue weighted by Crippen LogP contribution is 2.38. The summed E-state index contributed by atoms with van der Waals surface area (Å²) in [4.78, 5) is 24.1. The van der Waals surface area contributed by atoms with Gasteiger partial charge in [-0.05, 0) is 24.6 Å². The number of carbonyl (C=O) groups excluding carboxylic acids is 1. The summed E-state index contributed by atoms with van der Waals surface area (Å²) in [6.07, 6.45) is -0.256. The highest BCUT2D eigenvalue weighted by Gasteiger charge is 2.33. The summed E-state index contributed by atoms with van der Waals surface area (Å²) >= 11 is 6.11. The minimum absolute atomic E-state index is 0.256. The Morgan fingerprint density at radius 2 is 2.22 bits per heavy atom. The van der Waals surface area contributed by atoms with Gasteiger partial charge >= 0.3 is 5.97 Å². The third kappa shape index (κ3) is 2.13. The molecule has 0 bridgehead atoms. The molecule has 1 aromatic carbocycles. The van der Waals surface area contributed by atoms with Crippen LogP contribution >= 0.6 is 11.6 Å². The number of fused-ring (bicyclic) bond motifs is 1. The molecule has 1 atom stereocenters. The molecule has 0 aromatic heterocycles. The Labute approximate surface area is 109 Å². The van der Waals surface area contributed by atoms with Gasteiger partial charge in [-0.25, -0.2) is 0 Å². The Balaban J connectivity index is 2.44. The van der Waals surface area contributed by atoms with Crippen molar-refractivity contribution in [1.82, 2.24) is 0 Å². The normalized spacial score (nSPS) is 18.3. The van der Waals surface area contributed by atoms with Gasteiger partial charge in [-0.3, -0.25) is 9.59 Å². The molecule has 96 valence electrons. The summed E-state index contributed by atoms with van der Waals surface area (Å²) in [5.41, 5.74) is 2.23. The summed E-state index contributed by atoms with van der Waals surface area (Å²) < 4.78 is 0. The first-order valence-corrected chi connectivity index (χ1v) is 5.84. The molecule has 0 spiro atoms. The first kappa shape index (κ1) is 12.7. The Morgan fingerprint density at radius 1 is 1.56 bits per heavy atom. The van der Waals surface area contributed by atoms with Crippen molar-refractivity contribution in [2.24, 2.45) is 0 Å². The van der Waals surface area contributed by atoms with E-state index >= 15 is 0 Å². The molecule has 0 saturated heterocycles. The van der Waals surface area contributed by atoms with Gasteiger partial charge in [0.05, 0.1) is 22.8 Å². The zero-order valence-corrected chi connectivity index (χ0v) is 10.8. The number of nitrogens with zero attached hydrogens (tertiary/aromatic N) is 1. The van der Waals surface area contributed by atoms with E-state index in [1.54, 1.807) is 13.1 Å². The van der Waals surface area contributed by atoms with Crippen molar-refractivity contribution in [2.75, 3.05) is 17.3 Å². The fourth-order valence-electron chi connectivity index (χ4n) is 2.09. The van der Waals surface area contributed by atoms with E-state index in [0.717, 1.165) is 5.56 Å². The van der Waals surface area contributed by atoms with Crippen LogP contribution in [0, 0.1) is 6.92 Å². The van der Waals surface area contributed by atoms with E-state index in [4.69, 9.17) is 16.7 Å². The number of anilines is 2. The quantitative estimate of drug-likeness (QED) is 0.859. The molecule has 6 heteroatoms. The standard InChI is InChI=1S/C12H13ClN2O3/c1-6-3-7(13)11-8(4-6)14-9(5-10(16)17)12(18)15(11)2/h3-4,9,14H,5H2,1-2H3,(H,16,17). The predicted molar refractivity (Wildman–Crippen MR) is 69.3 cm³/mol.